The number of ketones is 1. The van der Waals surface area contributed by atoms with Gasteiger partial charge in [0.15, 0.2) is 5.78 Å². The van der Waals surface area contributed by atoms with Gasteiger partial charge in [0.2, 0.25) is 0 Å². The highest BCUT2D eigenvalue weighted by atomic mass is 32.1. The van der Waals surface area contributed by atoms with Gasteiger partial charge in [0.05, 0.1) is 10.2 Å². The van der Waals surface area contributed by atoms with Crippen LogP contribution in [0.2, 0.25) is 0 Å². The first-order valence-corrected chi connectivity index (χ1v) is 11.3. The number of carbonyl (C=O) groups excluding carboxylic acids is 1. The fourth-order valence-electron chi connectivity index (χ4n) is 4.21. The highest BCUT2D eigenvalue weighted by Gasteiger charge is 2.27. The van der Waals surface area contributed by atoms with Gasteiger partial charge in [0, 0.05) is 25.4 Å². The van der Waals surface area contributed by atoms with Crippen LogP contribution in [0.1, 0.15) is 42.4 Å². The summed E-state index contributed by atoms with van der Waals surface area (Å²) in [6.07, 6.45) is 9.32. The zero-order valence-corrected chi connectivity index (χ0v) is 18.8. The maximum atomic E-state index is 13.5. The first-order valence-electron chi connectivity index (χ1n) is 10.5. The molecule has 6 heteroatoms. The molecule has 0 aliphatic heterocycles. The standard InChI is InChI=1S/C25H25N3O2S/c1-16-7-6-10-21(17(16)2)28-24(30)22(13-18-11-12-27(3)15-18)31-25(28)20(14-26)23(29)19-8-4-5-9-19/h6-7,10-13,15,19H,4-5,8-9H2,1-3H3/b22-13+,25-20-. The highest BCUT2D eigenvalue weighted by molar-refractivity contribution is 7.07. The number of Topliss-reactive ketones (excluding diaryl/α,β-unsaturated/α-hetero) is 1. The van der Waals surface area contributed by atoms with Crippen molar-refractivity contribution in [3.05, 3.63) is 72.9 Å². The first-order chi connectivity index (χ1) is 14.9. The zero-order valence-electron chi connectivity index (χ0n) is 18.0. The SMILES string of the molecule is Cc1cccc(-n2c(=O)/c(=C\c3ccn(C)c3)s/c2=C(/C#N)C(=O)C2CCCC2)c1C. The third kappa shape index (κ3) is 3.94. The topological polar surface area (TPSA) is 67.8 Å². The molecule has 158 valence electrons. The summed E-state index contributed by atoms with van der Waals surface area (Å²) in [5.41, 5.74) is 3.53. The van der Waals surface area contributed by atoms with Crippen LogP contribution in [0, 0.1) is 31.1 Å². The third-order valence-electron chi connectivity index (χ3n) is 6.09. The Hall–Kier alpha value is -3.17. The van der Waals surface area contributed by atoms with Crippen LogP contribution in [0.15, 0.2) is 41.5 Å². The average molecular weight is 432 g/mol. The molecule has 1 aliphatic carbocycles. The van der Waals surface area contributed by atoms with Crippen LogP contribution in [-0.2, 0) is 11.8 Å². The monoisotopic (exact) mass is 431 g/mol. The van der Waals surface area contributed by atoms with Crippen LogP contribution < -0.4 is 14.8 Å². The molecule has 0 amide bonds. The summed E-state index contributed by atoms with van der Waals surface area (Å²) >= 11 is 1.22. The van der Waals surface area contributed by atoms with Crippen LogP contribution >= 0.6 is 11.3 Å². The van der Waals surface area contributed by atoms with Gasteiger partial charge in [0.1, 0.15) is 16.3 Å². The molecular weight excluding hydrogens is 406 g/mol. The Morgan fingerprint density at radius 2 is 1.97 bits per heavy atom. The number of nitriles is 1. The maximum Gasteiger partial charge on any atom is 0.273 e. The average Bonchev–Trinajstić information content (AvgIpc) is 3.48. The normalized spacial score (nSPS) is 15.9. The van der Waals surface area contributed by atoms with Gasteiger partial charge in [-0.15, -0.1) is 11.3 Å². The predicted octanol–water partition coefficient (Wildman–Crippen LogP) is 3.12. The lowest BCUT2D eigenvalue weighted by atomic mass is 9.97. The quantitative estimate of drug-likeness (QED) is 0.637. The summed E-state index contributed by atoms with van der Waals surface area (Å²) in [6, 6.07) is 9.85. The van der Waals surface area contributed by atoms with E-state index < -0.39 is 0 Å². The summed E-state index contributed by atoms with van der Waals surface area (Å²) in [5, 5.41) is 9.97. The van der Waals surface area contributed by atoms with Crippen LogP contribution in [-0.4, -0.2) is 14.9 Å². The largest absolute Gasteiger partial charge is 0.357 e. The second-order valence-corrected chi connectivity index (χ2v) is 9.25. The molecule has 1 aliphatic rings. The molecule has 1 fully saturated rings. The number of benzene rings is 1. The van der Waals surface area contributed by atoms with Crippen molar-refractivity contribution in [1.29, 1.82) is 5.26 Å². The molecular formula is C25H25N3O2S. The molecule has 0 N–H and O–H groups in total. The molecule has 1 saturated carbocycles. The predicted molar refractivity (Wildman–Crippen MR) is 124 cm³/mol. The number of hydrogen-bond acceptors (Lipinski definition) is 4. The molecule has 1 aromatic carbocycles. The van der Waals surface area contributed by atoms with E-state index in [0.717, 1.165) is 48.1 Å². The maximum absolute atomic E-state index is 13.5. The molecule has 31 heavy (non-hydrogen) atoms. The van der Waals surface area contributed by atoms with Gasteiger partial charge in [-0.3, -0.25) is 14.2 Å². The van der Waals surface area contributed by atoms with Crippen LogP contribution in [0.4, 0.5) is 0 Å². The molecule has 0 radical (unpaired) electrons. The van der Waals surface area contributed by atoms with Crippen molar-refractivity contribution in [3.8, 4) is 11.8 Å². The molecule has 5 nitrogen and oxygen atoms in total. The van der Waals surface area contributed by atoms with E-state index in [4.69, 9.17) is 0 Å². The Balaban J connectivity index is 2.06. The van der Waals surface area contributed by atoms with E-state index in [0.29, 0.717) is 9.20 Å². The number of nitrogens with zero attached hydrogens (tertiary/aromatic N) is 3. The lowest BCUT2D eigenvalue weighted by Crippen LogP contribution is -2.32. The molecule has 0 atom stereocenters. The summed E-state index contributed by atoms with van der Waals surface area (Å²) in [6.45, 7) is 3.95. The van der Waals surface area contributed by atoms with Gasteiger partial charge in [-0.2, -0.15) is 5.26 Å². The van der Waals surface area contributed by atoms with Gasteiger partial charge in [-0.1, -0.05) is 25.0 Å². The van der Waals surface area contributed by atoms with E-state index in [9.17, 15) is 14.9 Å². The number of thiazole rings is 1. The third-order valence-corrected chi connectivity index (χ3v) is 7.18. The van der Waals surface area contributed by atoms with E-state index in [2.05, 4.69) is 6.07 Å². The summed E-state index contributed by atoms with van der Waals surface area (Å²) in [4.78, 5) is 26.7. The van der Waals surface area contributed by atoms with E-state index >= 15 is 0 Å². The van der Waals surface area contributed by atoms with Crippen molar-refractivity contribution in [2.24, 2.45) is 13.0 Å². The van der Waals surface area contributed by atoms with Gasteiger partial charge in [-0.05, 0) is 61.6 Å². The van der Waals surface area contributed by atoms with Gasteiger partial charge in [-0.25, -0.2) is 0 Å². The first kappa shape index (κ1) is 21.1. The number of hydrogen-bond donors (Lipinski definition) is 0. The van der Waals surface area contributed by atoms with Crippen molar-refractivity contribution >= 4 is 28.8 Å². The zero-order chi connectivity index (χ0) is 22.1. The fraction of sp³-hybridized carbons (Fsp3) is 0.320. The summed E-state index contributed by atoms with van der Waals surface area (Å²) in [5.74, 6) is -0.257. The van der Waals surface area contributed by atoms with Crippen molar-refractivity contribution in [1.82, 2.24) is 9.13 Å². The Morgan fingerprint density at radius 1 is 1.23 bits per heavy atom. The van der Waals surface area contributed by atoms with E-state index in [-0.39, 0.29) is 22.8 Å². The molecule has 2 aromatic heterocycles. The van der Waals surface area contributed by atoms with E-state index in [1.165, 1.54) is 11.3 Å². The Morgan fingerprint density at radius 3 is 2.61 bits per heavy atom. The Kier molecular flexibility index (Phi) is 5.79. The van der Waals surface area contributed by atoms with Crippen LogP contribution in [0.3, 0.4) is 0 Å². The minimum absolute atomic E-state index is 0.0996. The molecule has 3 aromatic rings. The molecule has 0 saturated heterocycles. The minimum Gasteiger partial charge on any atom is -0.357 e. The Labute approximate surface area is 185 Å². The van der Waals surface area contributed by atoms with Crippen molar-refractivity contribution < 1.29 is 4.79 Å². The van der Waals surface area contributed by atoms with Gasteiger partial charge >= 0.3 is 0 Å². The second kappa shape index (κ2) is 8.52. The lowest BCUT2D eigenvalue weighted by molar-refractivity contribution is -0.117. The van der Waals surface area contributed by atoms with Crippen LogP contribution in [0.5, 0.6) is 0 Å². The van der Waals surface area contributed by atoms with Gasteiger partial charge < -0.3 is 4.57 Å². The number of rotatable bonds is 4. The smallest absolute Gasteiger partial charge is 0.273 e. The van der Waals surface area contributed by atoms with Crippen molar-refractivity contribution in [3.63, 3.8) is 0 Å². The minimum atomic E-state index is -0.204. The van der Waals surface area contributed by atoms with Gasteiger partial charge in [0.25, 0.3) is 5.56 Å². The summed E-state index contributed by atoms with van der Waals surface area (Å²) < 4.78 is 4.42. The van der Waals surface area contributed by atoms with Crippen LogP contribution in [0.25, 0.3) is 17.3 Å². The number of aromatic nitrogens is 2. The lowest BCUT2D eigenvalue weighted by Gasteiger charge is -2.11. The molecule has 0 spiro atoms. The molecule has 2 heterocycles. The number of aryl methyl sites for hydroxylation is 2. The highest BCUT2D eigenvalue weighted by Crippen LogP contribution is 2.28. The second-order valence-electron chi connectivity index (χ2n) is 8.22. The molecule has 0 bridgehead atoms. The van der Waals surface area contributed by atoms with Crippen molar-refractivity contribution in [2.45, 2.75) is 39.5 Å². The number of carbonyl (C=O) groups is 1. The van der Waals surface area contributed by atoms with E-state index in [1.54, 1.807) is 4.57 Å². The molecule has 0 unspecified atom stereocenters. The molecule has 4 rings (SSSR count). The Bertz CT molecular complexity index is 1380. The fourth-order valence-corrected chi connectivity index (χ4v) is 5.31. The van der Waals surface area contributed by atoms with E-state index in [1.807, 2.05) is 68.2 Å². The van der Waals surface area contributed by atoms with Crippen molar-refractivity contribution in [2.75, 3.05) is 0 Å². The summed E-state index contributed by atoms with van der Waals surface area (Å²) in [7, 11) is 1.92.